The van der Waals surface area contributed by atoms with E-state index in [1.54, 1.807) is 6.07 Å². The van der Waals surface area contributed by atoms with Gasteiger partial charge in [-0.3, -0.25) is 0 Å². The monoisotopic (exact) mass is 209 g/mol. The second-order valence-electron chi connectivity index (χ2n) is 3.18. The average molecular weight is 209 g/mol. The molecule has 0 spiro atoms. The van der Waals surface area contributed by atoms with E-state index in [-0.39, 0.29) is 6.61 Å². The first-order chi connectivity index (χ1) is 7.17. The molecule has 0 bridgehead atoms. The summed E-state index contributed by atoms with van der Waals surface area (Å²) in [6, 6.07) is 5.63. The van der Waals surface area contributed by atoms with Gasteiger partial charge in [0.2, 0.25) is 0 Å². The summed E-state index contributed by atoms with van der Waals surface area (Å²) < 4.78 is 5.18. The zero-order chi connectivity index (χ0) is 11.3. The van der Waals surface area contributed by atoms with Crippen molar-refractivity contribution in [3.8, 4) is 5.75 Å². The Balaban J connectivity index is 2.85. The smallest absolute Gasteiger partial charge is 0.341 e. The minimum Gasteiger partial charge on any atom is -0.482 e. The van der Waals surface area contributed by atoms with E-state index < -0.39 is 5.97 Å². The third kappa shape index (κ3) is 3.25. The van der Waals surface area contributed by atoms with Crippen LogP contribution in [0.5, 0.6) is 5.75 Å². The van der Waals surface area contributed by atoms with Crippen LogP contribution in [0.25, 0.3) is 0 Å². The lowest BCUT2D eigenvalue weighted by atomic mass is 10.1. The van der Waals surface area contributed by atoms with Crippen LogP contribution in [0.15, 0.2) is 18.2 Å². The first-order valence-corrected chi connectivity index (χ1v) is 4.83. The van der Waals surface area contributed by atoms with Gasteiger partial charge >= 0.3 is 5.97 Å². The topological polar surface area (TPSA) is 72.5 Å². The molecule has 0 aromatic heterocycles. The molecule has 1 aromatic rings. The van der Waals surface area contributed by atoms with Crippen molar-refractivity contribution in [1.29, 1.82) is 0 Å². The molecule has 3 N–H and O–H groups in total. The van der Waals surface area contributed by atoms with Crippen molar-refractivity contribution in [3.63, 3.8) is 0 Å². The van der Waals surface area contributed by atoms with Crippen LogP contribution >= 0.6 is 0 Å². The van der Waals surface area contributed by atoms with Crippen molar-refractivity contribution >= 4 is 5.97 Å². The summed E-state index contributed by atoms with van der Waals surface area (Å²) >= 11 is 0. The van der Waals surface area contributed by atoms with Gasteiger partial charge in [0.05, 0.1) is 0 Å². The van der Waals surface area contributed by atoms with Gasteiger partial charge in [0, 0.05) is 6.54 Å². The molecular formula is C11H15NO3. The first-order valence-electron chi connectivity index (χ1n) is 4.83. The van der Waals surface area contributed by atoms with Crippen LogP contribution in [-0.2, 0) is 17.8 Å². The van der Waals surface area contributed by atoms with Crippen LogP contribution in [-0.4, -0.2) is 17.7 Å². The molecule has 0 amide bonds. The van der Waals surface area contributed by atoms with Crippen molar-refractivity contribution in [3.05, 3.63) is 29.3 Å². The normalized spacial score (nSPS) is 10.0. The highest BCUT2D eigenvalue weighted by atomic mass is 16.5. The zero-order valence-electron chi connectivity index (χ0n) is 8.69. The predicted molar refractivity (Wildman–Crippen MR) is 56.8 cm³/mol. The quantitative estimate of drug-likeness (QED) is 0.763. The summed E-state index contributed by atoms with van der Waals surface area (Å²) in [4.78, 5) is 10.4. The molecule has 4 nitrogen and oxygen atoms in total. The van der Waals surface area contributed by atoms with E-state index >= 15 is 0 Å². The molecule has 0 aliphatic carbocycles. The van der Waals surface area contributed by atoms with Crippen molar-refractivity contribution < 1.29 is 14.6 Å². The van der Waals surface area contributed by atoms with E-state index in [2.05, 4.69) is 0 Å². The molecule has 0 saturated carbocycles. The molecule has 0 unspecified atom stereocenters. The Morgan fingerprint density at radius 3 is 2.80 bits per heavy atom. The molecule has 0 fully saturated rings. The van der Waals surface area contributed by atoms with Crippen LogP contribution in [0.2, 0.25) is 0 Å². The van der Waals surface area contributed by atoms with Crippen molar-refractivity contribution in [2.75, 3.05) is 6.61 Å². The Morgan fingerprint density at radius 1 is 1.53 bits per heavy atom. The molecule has 0 aliphatic heterocycles. The fourth-order valence-corrected chi connectivity index (χ4v) is 1.29. The van der Waals surface area contributed by atoms with Crippen LogP contribution in [0.4, 0.5) is 0 Å². The Hall–Kier alpha value is -1.55. The molecule has 0 aliphatic rings. The summed E-state index contributed by atoms with van der Waals surface area (Å²) in [6.07, 6.45) is 0.805. The lowest BCUT2D eigenvalue weighted by Crippen LogP contribution is -2.11. The van der Waals surface area contributed by atoms with Crippen molar-refractivity contribution in [2.45, 2.75) is 19.9 Å². The highest BCUT2D eigenvalue weighted by molar-refractivity contribution is 5.68. The fraction of sp³-hybridized carbons (Fsp3) is 0.364. The molecule has 0 saturated heterocycles. The Morgan fingerprint density at radius 2 is 2.27 bits per heavy atom. The summed E-state index contributed by atoms with van der Waals surface area (Å²) in [6.45, 7) is 2.10. The van der Waals surface area contributed by atoms with E-state index in [4.69, 9.17) is 15.6 Å². The molecule has 0 heterocycles. The first kappa shape index (κ1) is 11.5. The van der Waals surface area contributed by atoms with Crippen LogP contribution in [0, 0.1) is 0 Å². The van der Waals surface area contributed by atoms with Gasteiger partial charge in [-0.1, -0.05) is 19.1 Å². The number of rotatable bonds is 5. The standard InChI is InChI=1S/C11H15NO3/c1-2-9-4-3-8(6-12)5-10(9)15-7-11(13)14/h3-5H,2,6-7,12H2,1H3,(H,13,14). The van der Waals surface area contributed by atoms with E-state index in [9.17, 15) is 4.79 Å². The molecule has 1 aromatic carbocycles. The Labute approximate surface area is 88.7 Å². The average Bonchev–Trinajstić information content (AvgIpc) is 2.25. The highest BCUT2D eigenvalue weighted by Gasteiger charge is 2.05. The van der Waals surface area contributed by atoms with Crippen molar-refractivity contribution in [1.82, 2.24) is 0 Å². The third-order valence-corrected chi connectivity index (χ3v) is 2.10. The lowest BCUT2D eigenvalue weighted by molar-refractivity contribution is -0.139. The number of hydrogen-bond donors (Lipinski definition) is 2. The van der Waals surface area contributed by atoms with Gasteiger partial charge in [0.15, 0.2) is 6.61 Å². The second kappa shape index (κ2) is 5.36. The van der Waals surface area contributed by atoms with E-state index in [0.717, 1.165) is 17.5 Å². The van der Waals surface area contributed by atoms with E-state index in [0.29, 0.717) is 12.3 Å². The van der Waals surface area contributed by atoms with Gasteiger partial charge in [-0.25, -0.2) is 4.79 Å². The molecule has 1 rings (SSSR count). The number of aliphatic carboxylic acids is 1. The maximum Gasteiger partial charge on any atom is 0.341 e. The maximum atomic E-state index is 10.4. The van der Waals surface area contributed by atoms with E-state index in [1.165, 1.54) is 0 Å². The predicted octanol–water partition coefficient (Wildman–Crippen LogP) is 1.17. The van der Waals surface area contributed by atoms with Gasteiger partial charge in [-0.15, -0.1) is 0 Å². The zero-order valence-corrected chi connectivity index (χ0v) is 8.69. The van der Waals surface area contributed by atoms with Gasteiger partial charge < -0.3 is 15.6 Å². The second-order valence-corrected chi connectivity index (χ2v) is 3.18. The maximum absolute atomic E-state index is 10.4. The largest absolute Gasteiger partial charge is 0.482 e. The van der Waals surface area contributed by atoms with Gasteiger partial charge in [0.1, 0.15) is 5.75 Å². The number of aryl methyl sites for hydroxylation is 1. The third-order valence-electron chi connectivity index (χ3n) is 2.10. The minimum atomic E-state index is -0.977. The molecule has 15 heavy (non-hydrogen) atoms. The number of benzene rings is 1. The molecular weight excluding hydrogens is 194 g/mol. The number of ether oxygens (including phenoxy) is 1. The number of hydrogen-bond acceptors (Lipinski definition) is 3. The number of nitrogens with two attached hydrogens (primary N) is 1. The van der Waals surface area contributed by atoms with Gasteiger partial charge in [-0.2, -0.15) is 0 Å². The number of carbonyl (C=O) groups is 1. The summed E-state index contributed by atoms with van der Waals surface area (Å²) in [5.41, 5.74) is 7.43. The van der Waals surface area contributed by atoms with Gasteiger partial charge in [-0.05, 0) is 23.6 Å². The Kier molecular flexibility index (Phi) is 4.12. The summed E-state index contributed by atoms with van der Waals surface area (Å²) in [5.74, 6) is -0.363. The SMILES string of the molecule is CCc1ccc(CN)cc1OCC(=O)O. The minimum absolute atomic E-state index is 0.318. The molecule has 0 atom stereocenters. The molecule has 82 valence electrons. The fourth-order valence-electron chi connectivity index (χ4n) is 1.29. The van der Waals surface area contributed by atoms with Crippen LogP contribution in [0.1, 0.15) is 18.1 Å². The summed E-state index contributed by atoms with van der Waals surface area (Å²) in [5, 5.41) is 8.52. The molecule has 0 radical (unpaired) electrons. The molecule has 4 heteroatoms. The van der Waals surface area contributed by atoms with E-state index in [1.807, 2.05) is 19.1 Å². The van der Waals surface area contributed by atoms with Gasteiger partial charge in [0.25, 0.3) is 0 Å². The number of carboxylic acid groups (broad SMARTS) is 1. The van der Waals surface area contributed by atoms with Crippen LogP contribution in [0.3, 0.4) is 0 Å². The van der Waals surface area contributed by atoms with Crippen LogP contribution < -0.4 is 10.5 Å². The highest BCUT2D eigenvalue weighted by Crippen LogP contribution is 2.20. The Bertz CT molecular complexity index is 350. The van der Waals surface area contributed by atoms with Crippen molar-refractivity contribution in [2.24, 2.45) is 5.73 Å². The summed E-state index contributed by atoms with van der Waals surface area (Å²) in [7, 11) is 0. The lowest BCUT2D eigenvalue weighted by Gasteiger charge is -2.10. The number of carboxylic acids is 1.